The number of nitriles is 1. The number of carbonyl (C=O) groups excluding carboxylic acids is 1. The van der Waals surface area contributed by atoms with Crippen LogP contribution in [0.15, 0.2) is 29.3 Å². The van der Waals surface area contributed by atoms with E-state index in [1.165, 1.54) is 6.08 Å². The molecule has 1 unspecified atom stereocenters. The maximum absolute atomic E-state index is 10.2. The lowest BCUT2D eigenvalue weighted by Crippen LogP contribution is -2.22. The quantitative estimate of drug-likeness (QED) is 0.570. The molecule has 4 heteroatoms. The average Bonchev–Trinajstić information content (AvgIpc) is 2.30. The van der Waals surface area contributed by atoms with E-state index in [-0.39, 0.29) is 0 Å². The molecule has 1 aromatic carbocycles. The maximum Gasteiger partial charge on any atom is 0.236 e. The minimum atomic E-state index is -1.05. The van der Waals surface area contributed by atoms with Crippen molar-refractivity contribution in [3.63, 3.8) is 0 Å². The summed E-state index contributed by atoms with van der Waals surface area (Å²) in [7, 11) is 1.59. The second-order valence-electron chi connectivity index (χ2n) is 3.61. The first-order valence-electron chi connectivity index (χ1n) is 4.77. The third kappa shape index (κ3) is 2.94. The van der Waals surface area contributed by atoms with E-state index in [1.807, 2.05) is 18.2 Å². The SMILES string of the molecule is COc1ccc(CC(C)(C#N)N=C=O)cc1. The Hall–Kier alpha value is -2.11. The number of rotatable bonds is 4. The number of methoxy groups -OCH3 is 1. The van der Waals surface area contributed by atoms with Crippen LogP contribution < -0.4 is 4.74 Å². The fourth-order valence-electron chi connectivity index (χ4n) is 1.35. The summed E-state index contributed by atoms with van der Waals surface area (Å²) in [5, 5.41) is 8.93. The zero-order chi connectivity index (χ0) is 12.0. The minimum Gasteiger partial charge on any atom is -0.497 e. The van der Waals surface area contributed by atoms with Crippen LogP contribution in [0.25, 0.3) is 0 Å². The summed E-state index contributed by atoms with van der Waals surface area (Å²) >= 11 is 0. The van der Waals surface area contributed by atoms with Crippen molar-refractivity contribution >= 4 is 6.08 Å². The van der Waals surface area contributed by atoms with Gasteiger partial charge in [-0.1, -0.05) is 12.1 Å². The Morgan fingerprint density at radius 3 is 2.50 bits per heavy atom. The summed E-state index contributed by atoms with van der Waals surface area (Å²) in [5.41, 5.74) is -0.125. The number of hydrogen-bond acceptors (Lipinski definition) is 4. The van der Waals surface area contributed by atoms with Crippen LogP contribution in [-0.2, 0) is 11.2 Å². The number of benzene rings is 1. The lowest BCUT2D eigenvalue weighted by atomic mass is 9.95. The fourth-order valence-corrected chi connectivity index (χ4v) is 1.35. The van der Waals surface area contributed by atoms with Gasteiger partial charge in [0.25, 0.3) is 0 Å². The number of ether oxygens (including phenoxy) is 1. The van der Waals surface area contributed by atoms with Gasteiger partial charge in [0.2, 0.25) is 6.08 Å². The zero-order valence-corrected chi connectivity index (χ0v) is 9.23. The maximum atomic E-state index is 10.2. The van der Waals surface area contributed by atoms with Crippen LogP contribution in [0, 0.1) is 11.3 Å². The Morgan fingerprint density at radius 2 is 2.06 bits per heavy atom. The van der Waals surface area contributed by atoms with Crippen LogP contribution in [0.2, 0.25) is 0 Å². The van der Waals surface area contributed by atoms with Crippen molar-refractivity contribution in [2.75, 3.05) is 7.11 Å². The smallest absolute Gasteiger partial charge is 0.236 e. The van der Waals surface area contributed by atoms with Gasteiger partial charge < -0.3 is 4.74 Å². The molecule has 4 nitrogen and oxygen atoms in total. The lowest BCUT2D eigenvalue weighted by molar-refractivity contribution is 0.414. The van der Waals surface area contributed by atoms with Crippen LogP contribution >= 0.6 is 0 Å². The normalized spacial score (nSPS) is 13.1. The van der Waals surface area contributed by atoms with Crippen LogP contribution in [0.4, 0.5) is 0 Å². The third-order valence-corrected chi connectivity index (χ3v) is 2.24. The standard InChI is InChI=1S/C12H12N2O2/c1-12(8-13,14-9-15)7-10-3-5-11(16-2)6-4-10/h3-6H,7H2,1-2H3. The summed E-state index contributed by atoms with van der Waals surface area (Å²) in [4.78, 5) is 13.7. The molecule has 0 bridgehead atoms. The second-order valence-corrected chi connectivity index (χ2v) is 3.61. The van der Waals surface area contributed by atoms with E-state index in [2.05, 4.69) is 4.99 Å². The van der Waals surface area contributed by atoms with Gasteiger partial charge >= 0.3 is 0 Å². The van der Waals surface area contributed by atoms with Crippen molar-refractivity contribution < 1.29 is 9.53 Å². The molecule has 0 aliphatic carbocycles. The van der Waals surface area contributed by atoms with E-state index in [1.54, 1.807) is 26.2 Å². The second kappa shape index (κ2) is 5.11. The van der Waals surface area contributed by atoms with E-state index in [9.17, 15) is 4.79 Å². The average molecular weight is 216 g/mol. The number of aliphatic imine (C=N–C) groups is 1. The Balaban J connectivity index is 2.87. The topological polar surface area (TPSA) is 62.4 Å². The minimum absolute atomic E-state index is 0.378. The van der Waals surface area contributed by atoms with Crippen LogP contribution in [0.5, 0.6) is 5.75 Å². The Bertz CT molecular complexity index is 441. The Kier molecular flexibility index (Phi) is 3.82. The summed E-state index contributed by atoms with van der Waals surface area (Å²) < 4.78 is 5.02. The van der Waals surface area contributed by atoms with Gasteiger partial charge in [-0.25, -0.2) is 4.79 Å². The van der Waals surface area contributed by atoms with Gasteiger partial charge in [0.1, 0.15) is 5.75 Å². The first-order chi connectivity index (χ1) is 7.63. The molecule has 1 atom stereocenters. The van der Waals surface area contributed by atoms with Crippen LogP contribution in [0.3, 0.4) is 0 Å². The molecule has 0 amide bonds. The summed E-state index contributed by atoms with van der Waals surface area (Å²) in [6.07, 6.45) is 1.81. The van der Waals surface area contributed by atoms with Crippen molar-refractivity contribution in [2.45, 2.75) is 18.9 Å². The summed E-state index contributed by atoms with van der Waals surface area (Å²) in [6.45, 7) is 1.60. The molecular formula is C12H12N2O2. The van der Waals surface area contributed by atoms with Crippen LogP contribution in [-0.4, -0.2) is 18.7 Å². The summed E-state index contributed by atoms with van der Waals surface area (Å²) in [6, 6.07) is 9.29. The van der Waals surface area contributed by atoms with Gasteiger partial charge in [0.05, 0.1) is 13.2 Å². The number of nitrogens with zero attached hydrogens (tertiary/aromatic N) is 2. The van der Waals surface area contributed by atoms with Crippen molar-refractivity contribution in [3.05, 3.63) is 29.8 Å². The van der Waals surface area contributed by atoms with Crippen molar-refractivity contribution in [2.24, 2.45) is 4.99 Å². The highest BCUT2D eigenvalue weighted by Crippen LogP contribution is 2.18. The van der Waals surface area contributed by atoms with Crippen molar-refractivity contribution in [3.8, 4) is 11.8 Å². The monoisotopic (exact) mass is 216 g/mol. The van der Waals surface area contributed by atoms with Gasteiger partial charge in [0.15, 0.2) is 5.54 Å². The lowest BCUT2D eigenvalue weighted by Gasteiger charge is -2.14. The van der Waals surface area contributed by atoms with E-state index < -0.39 is 5.54 Å². The van der Waals surface area contributed by atoms with E-state index in [4.69, 9.17) is 10.00 Å². The highest BCUT2D eigenvalue weighted by Gasteiger charge is 2.23. The number of hydrogen-bond donors (Lipinski definition) is 0. The molecule has 0 fully saturated rings. The van der Waals surface area contributed by atoms with Gasteiger partial charge in [-0.05, 0) is 24.6 Å². The Morgan fingerprint density at radius 1 is 1.44 bits per heavy atom. The zero-order valence-electron chi connectivity index (χ0n) is 9.23. The Labute approximate surface area is 94.2 Å². The molecule has 0 radical (unpaired) electrons. The van der Waals surface area contributed by atoms with Crippen molar-refractivity contribution in [1.82, 2.24) is 0 Å². The molecule has 0 saturated carbocycles. The highest BCUT2D eigenvalue weighted by atomic mass is 16.5. The van der Waals surface area contributed by atoms with E-state index in [0.29, 0.717) is 6.42 Å². The van der Waals surface area contributed by atoms with Crippen LogP contribution in [0.1, 0.15) is 12.5 Å². The third-order valence-electron chi connectivity index (χ3n) is 2.24. The first-order valence-corrected chi connectivity index (χ1v) is 4.77. The fraction of sp³-hybridized carbons (Fsp3) is 0.333. The largest absolute Gasteiger partial charge is 0.497 e. The van der Waals surface area contributed by atoms with Gasteiger partial charge in [0, 0.05) is 6.42 Å². The molecular weight excluding hydrogens is 204 g/mol. The summed E-state index contributed by atoms with van der Waals surface area (Å²) in [5.74, 6) is 0.751. The first kappa shape index (κ1) is 12.0. The molecule has 0 N–H and O–H groups in total. The molecule has 1 rings (SSSR count). The predicted molar refractivity (Wildman–Crippen MR) is 58.8 cm³/mol. The molecule has 0 aromatic heterocycles. The van der Waals surface area contributed by atoms with E-state index >= 15 is 0 Å². The molecule has 16 heavy (non-hydrogen) atoms. The van der Waals surface area contributed by atoms with Gasteiger partial charge in [-0.15, -0.1) is 0 Å². The molecule has 0 heterocycles. The number of isocyanates is 1. The molecule has 0 aliphatic rings. The molecule has 0 spiro atoms. The highest BCUT2D eigenvalue weighted by molar-refractivity contribution is 5.38. The van der Waals surface area contributed by atoms with Gasteiger partial charge in [-0.3, -0.25) is 0 Å². The van der Waals surface area contributed by atoms with E-state index in [0.717, 1.165) is 11.3 Å². The van der Waals surface area contributed by atoms with Crippen molar-refractivity contribution in [1.29, 1.82) is 5.26 Å². The molecule has 0 saturated heterocycles. The molecule has 0 aliphatic heterocycles. The molecule has 1 aromatic rings. The predicted octanol–water partition coefficient (Wildman–Crippen LogP) is 1.86. The van der Waals surface area contributed by atoms with Gasteiger partial charge in [-0.2, -0.15) is 10.3 Å². The molecule has 82 valence electrons.